The summed E-state index contributed by atoms with van der Waals surface area (Å²) in [5, 5.41) is 0.345. The standard InChI is InChI=1S/C12H10ClFN2O/c13-11-4-8(6-15)7-16-12(11)17-10-3-1-2-9(14)5-10/h1-5,7H,6,15H2. The molecule has 0 unspecified atom stereocenters. The Morgan fingerprint density at radius 1 is 1.35 bits per heavy atom. The number of rotatable bonds is 3. The average Bonchev–Trinajstić information content (AvgIpc) is 2.32. The van der Waals surface area contributed by atoms with Crippen LogP contribution in [0.25, 0.3) is 0 Å². The summed E-state index contributed by atoms with van der Waals surface area (Å²) >= 11 is 5.96. The summed E-state index contributed by atoms with van der Waals surface area (Å²) < 4.78 is 18.3. The summed E-state index contributed by atoms with van der Waals surface area (Å²) in [6, 6.07) is 7.43. The van der Waals surface area contributed by atoms with E-state index in [0.29, 0.717) is 17.3 Å². The fraction of sp³-hybridized carbons (Fsp3) is 0.0833. The van der Waals surface area contributed by atoms with Gasteiger partial charge >= 0.3 is 0 Å². The van der Waals surface area contributed by atoms with E-state index in [2.05, 4.69) is 4.98 Å². The predicted octanol–water partition coefficient (Wildman–Crippen LogP) is 3.13. The molecule has 0 spiro atoms. The molecule has 5 heteroatoms. The first-order valence-corrected chi connectivity index (χ1v) is 5.35. The van der Waals surface area contributed by atoms with Crippen LogP contribution in [0.1, 0.15) is 5.56 Å². The molecule has 0 fully saturated rings. The largest absolute Gasteiger partial charge is 0.437 e. The first-order chi connectivity index (χ1) is 8.19. The van der Waals surface area contributed by atoms with E-state index in [4.69, 9.17) is 22.1 Å². The van der Waals surface area contributed by atoms with Gasteiger partial charge in [0.05, 0.1) is 0 Å². The molecule has 88 valence electrons. The van der Waals surface area contributed by atoms with E-state index in [1.807, 2.05) is 0 Å². The fourth-order valence-corrected chi connectivity index (χ4v) is 1.52. The molecule has 1 heterocycles. The van der Waals surface area contributed by atoms with Crippen molar-refractivity contribution in [3.8, 4) is 11.6 Å². The molecule has 0 bridgehead atoms. The monoisotopic (exact) mass is 252 g/mol. The summed E-state index contributed by atoms with van der Waals surface area (Å²) in [4.78, 5) is 4.02. The SMILES string of the molecule is NCc1cnc(Oc2cccc(F)c2)c(Cl)c1. The maximum atomic E-state index is 12.9. The van der Waals surface area contributed by atoms with Crippen molar-refractivity contribution < 1.29 is 9.13 Å². The molecule has 3 nitrogen and oxygen atoms in total. The number of pyridine rings is 1. The molecule has 0 aliphatic heterocycles. The van der Waals surface area contributed by atoms with Gasteiger partial charge in [0, 0.05) is 18.8 Å². The smallest absolute Gasteiger partial charge is 0.238 e. The first-order valence-electron chi connectivity index (χ1n) is 4.97. The molecular formula is C12H10ClFN2O. The number of benzene rings is 1. The van der Waals surface area contributed by atoms with E-state index in [1.54, 1.807) is 24.4 Å². The Balaban J connectivity index is 2.24. The highest BCUT2D eigenvalue weighted by atomic mass is 35.5. The number of nitrogens with zero attached hydrogens (tertiary/aromatic N) is 1. The van der Waals surface area contributed by atoms with E-state index in [9.17, 15) is 4.39 Å². The second kappa shape index (κ2) is 5.12. The number of ether oxygens (including phenoxy) is 1. The van der Waals surface area contributed by atoms with Crippen LogP contribution >= 0.6 is 11.6 Å². The minimum atomic E-state index is -0.378. The van der Waals surface area contributed by atoms with E-state index >= 15 is 0 Å². The molecule has 0 atom stereocenters. The highest BCUT2D eigenvalue weighted by molar-refractivity contribution is 6.31. The van der Waals surface area contributed by atoms with Crippen molar-refractivity contribution in [2.75, 3.05) is 0 Å². The van der Waals surface area contributed by atoms with Crippen LogP contribution in [0.4, 0.5) is 4.39 Å². The van der Waals surface area contributed by atoms with Crippen molar-refractivity contribution in [3.05, 3.63) is 52.9 Å². The third-order valence-corrected chi connectivity index (χ3v) is 2.38. The van der Waals surface area contributed by atoms with Crippen LogP contribution in [-0.4, -0.2) is 4.98 Å². The molecule has 0 aliphatic carbocycles. The van der Waals surface area contributed by atoms with Gasteiger partial charge in [0.15, 0.2) is 0 Å². The third kappa shape index (κ3) is 2.93. The molecule has 2 N–H and O–H groups in total. The molecule has 2 rings (SSSR count). The van der Waals surface area contributed by atoms with Crippen LogP contribution in [-0.2, 0) is 6.54 Å². The van der Waals surface area contributed by atoms with Crippen molar-refractivity contribution in [2.45, 2.75) is 6.54 Å². The van der Waals surface area contributed by atoms with Crippen LogP contribution in [0, 0.1) is 5.82 Å². The van der Waals surface area contributed by atoms with Crippen LogP contribution < -0.4 is 10.5 Å². The lowest BCUT2D eigenvalue weighted by atomic mass is 10.3. The van der Waals surface area contributed by atoms with Crippen molar-refractivity contribution in [1.29, 1.82) is 0 Å². The Hall–Kier alpha value is -1.65. The van der Waals surface area contributed by atoms with Gasteiger partial charge in [-0.15, -0.1) is 0 Å². The normalized spacial score (nSPS) is 10.3. The molecule has 1 aromatic carbocycles. The summed E-state index contributed by atoms with van der Waals surface area (Å²) in [6.07, 6.45) is 1.57. The van der Waals surface area contributed by atoms with Gasteiger partial charge in [-0.1, -0.05) is 17.7 Å². The van der Waals surface area contributed by atoms with Gasteiger partial charge in [-0.25, -0.2) is 9.37 Å². The van der Waals surface area contributed by atoms with E-state index in [1.165, 1.54) is 12.1 Å². The van der Waals surface area contributed by atoms with Gasteiger partial charge in [0.2, 0.25) is 5.88 Å². The summed E-state index contributed by atoms with van der Waals surface area (Å²) in [6.45, 7) is 0.354. The maximum Gasteiger partial charge on any atom is 0.238 e. The Morgan fingerprint density at radius 2 is 2.18 bits per heavy atom. The fourth-order valence-electron chi connectivity index (χ4n) is 1.29. The molecular weight excluding hydrogens is 243 g/mol. The Morgan fingerprint density at radius 3 is 2.82 bits per heavy atom. The molecule has 0 radical (unpaired) electrons. The van der Waals surface area contributed by atoms with Crippen LogP contribution in [0.5, 0.6) is 11.6 Å². The van der Waals surface area contributed by atoms with Gasteiger partial charge < -0.3 is 10.5 Å². The van der Waals surface area contributed by atoms with E-state index in [-0.39, 0.29) is 11.7 Å². The van der Waals surface area contributed by atoms with E-state index in [0.717, 1.165) is 5.56 Å². The van der Waals surface area contributed by atoms with Gasteiger partial charge in [-0.2, -0.15) is 0 Å². The summed E-state index contributed by atoms with van der Waals surface area (Å²) in [7, 11) is 0. The molecule has 2 aromatic rings. The Bertz CT molecular complexity index is 534. The zero-order chi connectivity index (χ0) is 12.3. The number of hydrogen-bond donors (Lipinski definition) is 1. The van der Waals surface area contributed by atoms with Gasteiger partial charge in [0.1, 0.15) is 16.6 Å². The van der Waals surface area contributed by atoms with Crippen molar-refractivity contribution >= 4 is 11.6 Å². The zero-order valence-electron chi connectivity index (χ0n) is 8.86. The van der Waals surface area contributed by atoms with E-state index < -0.39 is 0 Å². The summed E-state index contributed by atoms with van der Waals surface area (Å²) in [5.41, 5.74) is 6.26. The third-order valence-electron chi connectivity index (χ3n) is 2.11. The number of aromatic nitrogens is 1. The highest BCUT2D eigenvalue weighted by Gasteiger charge is 2.06. The molecule has 0 amide bonds. The van der Waals surface area contributed by atoms with Crippen LogP contribution in [0.15, 0.2) is 36.5 Å². The van der Waals surface area contributed by atoms with Gasteiger partial charge in [-0.05, 0) is 23.8 Å². The highest BCUT2D eigenvalue weighted by Crippen LogP contribution is 2.27. The molecule has 0 aliphatic rings. The average molecular weight is 253 g/mol. The molecule has 1 aromatic heterocycles. The van der Waals surface area contributed by atoms with Crippen molar-refractivity contribution in [1.82, 2.24) is 4.98 Å². The Kier molecular flexibility index (Phi) is 3.56. The number of hydrogen-bond acceptors (Lipinski definition) is 3. The summed E-state index contributed by atoms with van der Waals surface area (Å²) in [5.74, 6) is 0.201. The number of nitrogens with two attached hydrogens (primary N) is 1. The molecule has 0 saturated heterocycles. The quantitative estimate of drug-likeness (QED) is 0.913. The van der Waals surface area contributed by atoms with Crippen LogP contribution in [0.2, 0.25) is 5.02 Å². The second-order valence-corrected chi connectivity index (χ2v) is 3.80. The van der Waals surface area contributed by atoms with Gasteiger partial charge in [0.25, 0.3) is 0 Å². The van der Waals surface area contributed by atoms with Crippen molar-refractivity contribution in [2.24, 2.45) is 5.73 Å². The minimum Gasteiger partial charge on any atom is -0.437 e. The lowest BCUT2D eigenvalue weighted by Gasteiger charge is -2.07. The minimum absolute atomic E-state index is 0.231. The van der Waals surface area contributed by atoms with Crippen LogP contribution in [0.3, 0.4) is 0 Å². The zero-order valence-corrected chi connectivity index (χ0v) is 9.62. The Labute approximate surface area is 103 Å². The maximum absolute atomic E-state index is 12.9. The lowest BCUT2D eigenvalue weighted by Crippen LogP contribution is -1.98. The topological polar surface area (TPSA) is 48.1 Å². The first kappa shape index (κ1) is 11.8. The second-order valence-electron chi connectivity index (χ2n) is 3.39. The lowest BCUT2D eigenvalue weighted by molar-refractivity contribution is 0.458. The molecule has 17 heavy (non-hydrogen) atoms. The molecule has 0 saturated carbocycles. The predicted molar refractivity (Wildman–Crippen MR) is 63.6 cm³/mol. The van der Waals surface area contributed by atoms with Crippen molar-refractivity contribution in [3.63, 3.8) is 0 Å². The van der Waals surface area contributed by atoms with Gasteiger partial charge in [-0.3, -0.25) is 0 Å². The number of halogens is 2.